The number of primary amides is 1. The zero-order valence-corrected chi connectivity index (χ0v) is 12.0. The minimum absolute atomic E-state index is 0.293. The van der Waals surface area contributed by atoms with Crippen LogP contribution in [0.25, 0.3) is 0 Å². The predicted molar refractivity (Wildman–Crippen MR) is 77.8 cm³/mol. The first-order chi connectivity index (χ1) is 9.58. The first-order valence-electron chi connectivity index (χ1n) is 7.39. The van der Waals surface area contributed by atoms with E-state index in [0.717, 1.165) is 0 Å². The van der Waals surface area contributed by atoms with E-state index in [9.17, 15) is 9.18 Å². The van der Waals surface area contributed by atoms with Gasteiger partial charge in [0.05, 0.1) is 0 Å². The van der Waals surface area contributed by atoms with Crippen LogP contribution in [0.4, 0.5) is 4.39 Å². The van der Waals surface area contributed by atoms with Crippen LogP contribution in [0, 0.1) is 11.7 Å². The highest BCUT2D eigenvalue weighted by Gasteiger charge is 2.19. The summed E-state index contributed by atoms with van der Waals surface area (Å²) in [5.74, 6) is -0.143. The van der Waals surface area contributed by atoms with Crippen LogP contribution in [0.1, 0.15) is 54.9 Å². The molecule has 0 unspecified atom stereocenters. The van der Waals surface area contributed by atoms with Gasteiger partial charge in [-0.25, -0.2) is 4.39 Å². The third kappa shape index (κ3) is 3.79. The average Bonchev–Trinajstić information content (AvgIpc) is 2.46. The maximum Gasteiger partial charge on any atom is 0.248 e. The number of carbonyl (C=O) groups excluding carboxylic acids is 1. The molecule has 1 amide bonds. The van der Waals surface area contributed by atoms with E-state index in [0.29, 0.717) is 29.6 Å². The molecule has 0 aliphatic heterocycles. The Balaban J connectivity index is 1.95. The van der Waals surface area contributed by atoms with Gasteiger partial charge >= 0.3 is 0 Å². The van der Waals surface area contributed by atoms with Crippen LogP contribution in [0.15, 0.2) is 18.2 Å². The Kier molecular flexibility index (Phi) is 5.12. The molecule has 20 heavy (non-hydrogen) atoms. The van der Waals surface area contributed by atoms with Crippen molar-refractivity contribution in [2.75, 3.05) is 0 Å². The highest BCUT2D eigenvalue weighted by molar-refractivity contribution is 5.92. The quantitative estimate of drug-likeness (QED) is 0.870. The van der Waals surface area contributed by atoms with Crippen molar-refractivity contribution >= 4 is 5.91 Å². The minimum Gasteiger partial charge on any atom is -0.366 e. The molecule has 0 radical (unpaired) electrons. The lowest BCUT2D eigenvalue weighted by molar-refractivity contribution is 0.1000. The fourth-order valence-corrected chi connectivity index (χ4v) is 2.94. The van der Waals surface area contributed by atoms with E-state index < -0.39 is 5.91 Å². The second-order valence-corrected chi connectivity index (χ2v) is 5.74. The molecule has 0 bridgehead atoms. The maximum atomic E-state index is 13.7. The van der Waals surface area contributed by atoms with Gasteiger partial charge in [-0.15, -0.1) is 0 Å². The monoisotopic (exact) mass is 278 g/mol. The lowest BCUT2D eigenvalue weighted by Crippen LogP contribution is -2.34. The van der Waals surface area contributed by atoms with Gasteiger partial charge in [-0.05, 0) is 43.9 Å². The summed E-state index contributed by atoms with van der Waals surface area (Å²) in [7, 11) is 0. The Morgan fingerprint density at radius 3 is 2.75 bits per heavy atom. The molecule has 0 spiro atoms. The number of amides is 1. The molecule has 2 rings (SSSR count). The summed E-state index contributed by atoms with van der Waals surface area (Å²) in [5.41, 5.74) is 6.08. The van der Waals surface area contributed by atoms with Crippen LogP contribution in [-0.2, 0) is 6.54 Å². The minimum atomic E-state index is -0.522. The summed E-state index contributed by atoms with van der Waals surface area (Å²) < 4.78 is 13.7. The van der Waals surface area contributed by atoms with Gasteiger partial charge in [0.25, 0.3) is 0 Å². The first-order valence-corrected chi connectivity index (χ1v) is 7.39. The zero-order valence-electron chi connectivity index (χ0n) is 12.0. The van der Waals surface area contributed by atoms with E-state index in [1.165, 1.54) is 50.3 Å². The van der Waals surface area contributed by atoms with Crippen molar-refractivity contribution in [2.45, 2.75) is 51.6 Å². The van der Waals surface area contributed by atoms with Crippen LogP contribution >= 0.6 is 0 Å². The summed E-state index contributed by atoms with van der Waals surface area (Å²) in [5, 5.41) is 3.38. The highest BCUT2D eigenvalue weighted by atomic mass is 19.1. The average molecular weight is 278 g/mol. The molecule has 1 atom stereocenters. The molecule has 0 heterocycles. The van der Waals surface area contributed by atoms with Crippen LogP contribution < -0.4 is 11.1 Å². The third-order valence-electron chi connectivity index (χ3n) is 4.30. The molecule has 1 aromatic rings. The van der Waals surface area contributed by atoms with Crippen molar-refractivity contribution < 1.29 is 9.18 Å². The fraction of sp³-hybridized carbons (Fsp3) is 0.562. The predicted octanol–water partition coefficient (Wildman–Crippen LogP) is 2.98. The van der Waals surface area contributed by atoms with Crippen LogP contribution in [0.3, 0.4) is 0 Å². The van der Waals surface area contributed by atoms with Gasteiger partial charge in [-0.3, -0.25) is 4.79 Å². The van der Waals surface area contributed by atoms with Crippen molar-refractivity contribution in [1.29, 1.82) is 0 Å². The Labute approximate surface area is 119 Å². The standard InChI is InChI=1S/C16H23FN2O/c1-11(12-5-3-2-4-6-12)19-10-14-9-13(16(18)20)7-8-15(14)17/h7-9,11-12,19H,2-6,10H2,1H3,(H2,18,20)/t11-/m1/s1. The molecule has 1 fully saturated rings. The van der Waals surface area contributed by atoms with Gasteiger partial charge in [0.2, 0.25) is 5.91 Å². The van der Waals surface area contributed by atoms with Crippen molar-refractivity contribution in [1.82, 2.24) is 5.32 Å². The second kappa shape index (κ2) is 6.84. The second-order valence-electron chi connectivity index (χ2n) is 5.74. The molecule has 0 aromatic heterocycles. The van der Waals surface area contributed by atoms with E-state index >= 15 is 0 Å². The number of halogens is 1. The highest BCUT2D eigenvalue weighted by Crippen LogP contribution is 2.26. The Morgan fingerprint density at radius 1 is 1.40 bits per heavy atom. The number of hydrogen-bond acceptors (Lipinski definition) is 2. The van der Waals surface area contributed by atoms with Gasteiger partial charge in [-0.2, -0.15) is 0 Å². The van der Waals surface area contributed by atoms with Crippen molar-refractivity contribution in [3.8, 4) is 0 Å². The lowest BCUT2D eigenvalue weighted by atomic mass is 9.84. The number of nitrogens with two attached hydrogens (primary N) is 1. The number of hydrogen-bond donors (Lipinski definition) is 2. The van der Waals surface area contributed by atoms with Crippen molar-refractivity contribution in [3.63, 3.8) is 0 Å². The topological polar surface area (TPSA) is 55.1 Å². The maximum absolute atomic E-state index is 13.7. The van der Waals surface area contributed by atoms with Gasteiger partial charge in [0.1, 0.15) is 5.82 Å². The molecule has 1 aliphatic carbocycles. The normalized spacial score (nSPS) is 17.9. The number of benzene rings is 1. The molecule has 110 valence electrons. The van der Waals surface area contributed by atoms with Crippen molar-refractivity contribution in [3.05, 3.63) is 35.1 Å². The summed E-state index contributed by atoms with van der Waals surface area (Å²) in [6, 6.07) is 4.64. The van der Waals surface area contributed by atoms with Gasteiger partial charge in [0.15, 0.2) is 0 Å². The summed E-state index contributed by atoms with van der Waals surface area (Å²) >= 11 is 0. The fourth-order valence-electron chi connectivity index (χ4n) is 2.94. The third-order valence-corrected chi connectivity index (χ3v) is 4.30. The number of carbonyl (C=O) groups is 1. The molecule has 1 saturated carbocycles. The zero-order chi connectivity index (χ0) is 14.5. The van der Waals surface area contributed by atoms with Crippen molar-refractivity contribution in [2.24, 2.45) is 11.7 Å². The van der Waals surface area contributed by atoms with Gasteiger partial charge in [0, 0.05) is 23.7 Å². The van der Waals surface area contributed by atoms with E-state index in [1.54, 1.807) is 0 Å². The van der Waals surface area contributed by atoms with E-state index in [4.69, 9.17) is 5.73 Å². The molecular weight excluding hydrogens is 255 g/mol. The van der Waals surface area contributed by atoms with E-state index in [1.807, 2.05) is 0 Å². The van der Waals surface area contributed by atoms with Gasteiger partial charge < -0.3 is 11.1 Å². The van der Waals surface area contributed by atoms with E-state index in [-0.39, 0.29) is 5.82 Å². The Bertz CT molecular complexity index is 470. The molecule has 0 saturated heterocycles. The molecule has 3 N–H and O–H groups in total. The summed E-state index contributed by atoms with van der Waals surface area (Å²) in [4.78, 5) is 11.1. The smallest absolute Gasteiger partial charge is 0.248 e. The van der Waals surface area contributed by atoms with Crippen LogP contribution in [0.2, 0.25) is 0 Å². The van der Waals surface area contributed by atoms with Gasteiger partial charge in [-0.1, -0.05) is 19.3 Å². The van der Waals surface area contributed by atoms with Crippen LogP contribution in [-0.4, -0.2) is 11.9 Å². The number of nitrogens with one attached hydrogen (secondary N) is 1. The SMILES string of the molecule is C[C@@H](NCc1cc(C(N)=O)ccc1F)C1CCCCC1. The van der Waals surface area contributed by atoms with Crippen LogP contribution in [0.5, 0.6) is 0 Å². The molecule has 4 heteroatoms. The first kappa shape index (κ1) is 15.0. The molecule has 1 aromatic carbocycles. The molecule has 3 nitrogen and oxygen atoms in total. The largest absolute Gasteiger partial charge is 0.366 e. The molecular formula is C16H23FN2O. The molecule has 1 aliphatic rings. The Morgan fingerprint density at radius 2 is 2.10 bits per heavy atom. The summed E-state index contributed by atoms with van der Waals surface area (Å²) in [6.07, 6.45) is 6.42. The van der Waals surface area contributed by atoms with E-state index in [2.05, 4.69) is 12.2 Å². The summed E-state index contributed by atoms with van der Waals surface area (Å²) in [6.45, 7) is 2.59. The Hall–Kier alpha value is -1.42. The number of rotatable bonds is 5. The lowest BCUT2D eigenvalue weighted by Gasteiger charge is -2.28.